The zero-order chi connectivity index (χ0) is 18.9. The molecule has 28 heavy (non-hydrogen) atoms. The van der Waals surface area contributed by atoms with E-state index in [9.17, 15) is 9.90 Å². The summed E-state index contributed by atoms with van der Waals surface area (Å²) in [6.45, 7) is 0.823. The number of aliphatic carboxylic acids is 1. The number of nitrogens with zero attached hydrogens (tertiary/aromatic N) is 1. The summed E-state index contributed by atoms with van der Waals surface area (Å²) in [4.78, 5) is 13.3. The topological polar surface area (TPSA) is 40.5 Å². The fourth-order valence-corrected chi connectivity index (χ4v) is 5.40. The Balaban J connectivity index is 0.00000150. The Hall–Kier alpha value is -1.53. The minimum atomic E-state index is -0.762. The predicted octanol–water partition coefficient (Wildman–Crippen LogP) is 1.32. The summed E-state index contributed by atoms with van der Waals surface area (Å²) in [5.74, 6) is -0.762. The summed E-state index contributed by atoms with van der Waals surface area (Å²) in [5.41, 5.74) is 7.34. The van der Waals surface area contributed by atoms with Crippen LogP contribution in [0, 0.1) is 0 Å². The molecule has 1 unspecified atom stereocenters. The van der Waals surface area contributed by atoms with E-state index >= 15 is 0 Å². The SMILES string of the molecule is CN(CC(=O)O)CC1(c2ccccc2)CCCc2c1ccc1c2CCCC1.[H-].[Li+]. The Labute approximate surface area is 181 Å². The van der Waals surface area contributed by atoms with Gasteiger partial charge in [-0.3, -0.25) is 9.69 Å². The Morgan fingerprint density at radius 2 is 1.75 bits per heavy atom. The number of carboxylic acids is 1. The maximum absolute atomic E-state index is 11.3. The maximum Gasteiger partial charge on any atom is 1.00 e. The van der Waals surface area contributed by atoms with Crippen molar-refractivity contribution >= 4 is 5.97 Å². The number of likely N-dealkylation sites (N-methyl/N-ethyl adjacent to an activating group) is 1. The van der Waals surface area contributed by atoms with Gasteiger partial charge in [-0.25, -0.2) is 0 Å². The van der Waals surface area contributed by atoms with Crippen molar-refractivity contribution in [3.05, 3.63) is 70.3 Å². The van der Waals surface area contributed by atoms with Crippen LogP contribution in [-0.2, 0) is 29.5 Å². The van der Waals surface area contributed by atoms with Crippen molar-refractivity contribution in [2.75, 3.05) is 20.1 Å². The van der Waals surface area contributed by atoms with E-state index in [2.05, 4.69) is 42.5 Å². The summed E-state index contributed by atoms with van der Waals surface area (Å²) in [7, 11) is 1.94. The van der Waals surface area contributed by atoms with E-state index in [1.54, 1.807) is 16.7 Å². The third-order valence-electron chi connectivity index (χ3n) is 6.47. The van der Waals surface area contributed by atoms with Gasteiger partial charge in [0.05, 0.1) is 6.54 Å². The molecular weight excluding hydrogens is 341 g/mol. The molecular formula is C24H30LiNO2. The largest absolute Gasteiger partial charge is 1.00 e. The fraction of sp³-hybridized carbons (Fsp3) is 0.458. The van der Waals surface area contributed by atoms with Gasteiger partial charge in [0.15, 0.2) is 0 Å². The zero-order valence-electron chi connectivity index (χ0n) is 18.2. The molecule has 1 N–H and O–H groups in total. The second-order valence-corrected chi connectivity index (χ2v) is 8.30. The third kappa shape index (κ3) is 3.94. The van der Waals surface area contributed by atoms with E-state index in [1.165, 1.54) is 43.2 Å². The van der Waals surface area contributed by atoms with Gasteiger partial charge in [-0.05, 0) is 79.8 Å². The minimum Gasteiger partial charge on any atom is -1.00 e. The van der Waals surface area contributed by atoms with Gasteiger partial charge in [0.2, 0.25) is 0 Å². The van der Waals surface area contributed by atoms with E-state index in [1.807, 2.05) is 11.9 Å². The van der Waals surface area contributed by atoms with E-state index in [0.717, 1.165) is 19.4 Å². The summed E-state index contributed by atoms with van der Waals surface area (Å²) in [6, 6.07) is 15.5. The molecule has 0 bridgehead atoms. The van der Waals surface area contributed by atoms with Crippen molar-refractivity contribution in [2.45, 2.75) is 50.4 Å². The molecule has 2 aromatic carbocycles. The van der Waals surface area contributed by atoms with E-state index < -0.39 is 5.97 Å². The molecule has 3 nitrogen and oxygen atoms in total. The maximum atomic E-state index is 11.3. The molecule has 0 aliphatic heterocycles. The molecule has 0 aromatic heterocycles. The molecule has 0 saturated heterocycles. The average molecular weight is 371 g/mol. The molecule has 2 aliphatic carbocycles. The van der Waals surface area contributed by atoms with Crippen molar-refractivity contribution in [2.24, 2.45) is 0 Å². The molecule has 0 heterocycles. The second-order valence-electron chi connectivity index (χ2n) is 8.30. The first-order chi connectivity index (χ1) is 13.1. The molecule has 4 rings (SSSR count). The Bertz CT molecular complexity index is 842. The number of hydrogen-bond donors (Lipinski definition) is 1. The van der Waals surface area contributed by atoms with Gasteiger partial charge in [0, 0.05) is 12.0 Å². The molecule has 4 heteroatoms. The first-order valence-electron chi connectivity index (χ1n) is 10.2. The van der Waals surface area contributed by atoms with Crippen molar-refractivity contribution in [3.63, 3.8) is 0 Å². The molecule has 0 saturated carbocycles. The van der Waals surface area contributed by atoms with Crippen LogP contribution in [0.1, 0.15) is 54.9 Å². The molecule has 0 fully saturated rings. The number of carboxylic acid groups (broad SMARTS) is 1. The van der Waals surface area contributed by atoms with Crippen LogP contribution >= 0.6 is 0 Å². The number of hydrogen-bond acceptors (Lipinski definition) is 2. The first-order valence-corrected chi connectivity index (χ1v) is 10.2. The van der Waals surface area contributed by atoms with E-state index in [4.69, 9.17) is 0 Å². The average Bonchev–Trinajstić information content (AvgIpc) is 2.68. The summed E-state index contributed by atoms with van der Waals surface area (Å²) in [5, 5.41) is 9.28. The van der Waals surface area contributed by atoms with Crippen LogP contribution in [-0.4, -0.2) is 36.1 Å². The van der Waals surface area contributed by atoms with Gasteiger partial charge in [-0.1, -0.05) is 42.5 Å². The van der Waals surface area contributed by atoms with E-state index in [-0.39, 0.29) is 32.2 Å². The standard InChI is InChI=1S/C24H29NO2.Li.H/c1-25(16-23(26)27)17-24(19-9-3-2-4-10-19)15-7-12-21-20-11-6-5-8-18(20)13-14-22(21)24;;/h2-4,9-10,13-14H,5-8,11-12,15-17H2,1H3,(H,26,27);;/q;+1;-1. The predicted molar refractivity (Wildman–Crippen MR) is 109 cm³/mol. The second kappa shape index (κ2) is 8.87. The van der Waals surface area contributed by atoms with Crippen LogP contribution in [0.2, 0.25) is 0 Å². The quantitative estimate of drug-likeness (QED) is 0.806. The van der Waals surface area contributed by atoms with Gasteiger partial charge in [-0.15, -0.1) is 0 Å². The smallest absolute Gasteiger partial charge is 1.00 e. The fourth-order valence-electron chi connectivity index (χ4n) is 5.40. The number of rotatable bonds is 5. The van der Waals surface area contributed by atoms with Gasteiger partial charge >= 0.3 is 24.8 Å². The first kappa shape index (κ1) is 21.2. The molecule has 0 spiro atoms. The van der Waals surface area contributed by atoms with Crippen molar-refractivity contribution in [1.82, 2.24) is 4.90 Å². The zero-order valence-corrected chi connectivity index (χ0v) is 17.2. The molecule has 1 atom stereocenters. The normalized spacial score (nSPS) is 20.8. The van der Waals surface area contributed by atoms with Crippen molar-refractivity contribution < 1.29 is 30.2 Å². The number of benzene rings is 2. The van der Waals surface area contributed by atoms with Gasteiger partial charge in [-0.2, -0.15) is 0 Å². The van der Waals surface area contributed by atoms with Gasteiger partial charge in [0.1, 0.15) is 0 Å². The Kier molecular flexibility index (Phi) is 6.71. The van der Waals surface area contributed by atoms with Crippen LogP contribution in [0.25, 0.3) is 0 Å². The summed E-state index contributed by atoms with van der Waals surface area (Å²) in [6.07, 6.45) is 8.41. The van der Waals surface area contributed by atoms with Gasteiger partial charge < -0.3 is 6.53 Å². The molecule has 0 amide bonds. The Morgan fingerprint density at radius 1 is 1.04 bits per heavy atom. The van der Waals surface area contributed by atoms with Crippen molar-refractivity contribution in [3.8, 4) is 0 Å². The summed E-state index contributed by atoms with van der Waals surface area (Å²) < 4.78 is 0. The summed E-state index contributed by atoms with van der Waals surface area (Å²) >= 11 is 0. The molecule has 2 aliphatic rings. The number of fused-ring (bicyclic) bond motifs is 3. The molecule has 144 valence electrons. The Morgan fingerprint density at radius 3 is 2.50 bits per heavy atom. The third-order valence-corrected chi connectivity index (χ3v) is 6.47. The van der Waals surface area contributed by atoms with Gasteiger partial charge in [0.25, 0.3) is 0 Å². The minimum absolute atomic E-state index is 0. The van der Waals surface area contributed by atoms with Crippen LogP contribution in [0.3, 0.4) is 0 Å². The number of carbonyl (C=O) groups is 1. The van der Waals surface area contributed by atoms with E-state index in [0.29, 0.717) is 0 Å². The van der Waals surface area contributed by atoms with Crippen LogP contribution < -0.4 is 18.9 Å². The van der Waals surface area contributed by atoms with Crippen LogP contribution in [0.4, 0.5) is 0 Å². The molecule has 2 aromatic rings. The van der Waals surface area contributed by atoms with Crippen molar-refractivity contribution in [1.29, 1.82) is 0 Å². The van der Waals surface area contributed by atoms with Crippen LogP contribution in [0.15, 0.2) is 42.5 Å². The number of aryl methyl sites for hydroxylation is 1. The monoisotopic (exact) mass is 371 g/mol. The van der Waals surface area contributed by atoms with Crippen LogP contribution in [0.5, 0.6) is 0 Å². The molecule has 0 radical (unpaired) electrons.